The van der Waals surface area contributed by atoms with Crippen LogP contribution in [0.3, 0.4) is 0 Å². The summed E-state index contributed by atoms with van der Waals surface area (Å²) in [6.45, 7) is 4.70. The van der Waals surface area contributed by atoms with Gasteiger partial charge in [0, 0.05) is 6.54 Å². The van der Waals surface area contributed by atoms with Gasteiger partial charge in [-0.2, -0.15) is 0 Å². The van der Waals surface area contributed by atoms with E-state index in [1.807, 2.05) is 0 Å². The van der Waals surface area contributed by atoms with Gasteiger partial charge in [-0.25, -0.2) is 0 Å². The monoisotopic (exact) mass is 329 g/mol. The second kappa shape index (κ2) is 15.4. The molecule has 1 aromatic carbocycles. The van der Waals surface area contributed by atoms with Crippen LogP contribution in [0.25, 0.3) is 6.08 Å². The number of rotatable bonds is 15. The van der Waals surface area contributed by atoms with Crippen molar-refractivity contribution in [3.63, 3.8) is 0 Å². The lowest BCUT2D eigenvalue weighted by molar-refractivity contribution is 0.329. The van der Waals surface area contributed by atoms with E-state index < -0.39 is 0 Å². The van der Waals surface area contributed by atoms with Crippen LogP contribution in [0, 0.1) is 0 Å². The molecule has 0 atom stereocenters. The van der Waals surface area contributed by atoms with Gasteiger partial charge in [-0.05, 0) is 32.0 Å². The molecule has 0 radical (unpaired) electrons. The van der Waals surface area contributed by atoms with E-state index in [4.69, 9.17) is 0 Å². The Bertz CT molecular complexity index is 396. The number of hydrogen-bond donors (Lipinski definition) is 0. The molecule has 0 saturated heterocycles. The lowest BCUT2D eigenvalue weighted by atomic mass is 10.1. The lowest BCUT2D eigenvalue weighted by Crippen LogP contribution is -2.20. The summed E-state index contributed by atoms with van der Waals surface area (Å²) in [5, 5.41) is 0. The molecule has 0 N–H and O–H groups in total. The highest BCUT2D eigenvalue weighted by atomic mass is 15.1. The normalized spacial score (nSPS) is 11.6. The Kier molecular flexibility index (Phi) is 13.5. The highest BCUT2D eigenvalue weighted by molar-refractivity contribution is 5.48. The maximum Gasteiger partial charge on any atom is 0.00130 e. The smallest absolute Gasteiger partial charge is 0.00130 e. The van der Waals surface area contributed by atoms with Gasteiger partial charge < -0.3 is 4.90 Å². The molecule has 0 unspecified atom stereocenters. The standard InChI is InChI=1S/C23H39N/c1-3-4-5-6-7-8-9-10-11-16-21-24(2)22-17-15-20-23-18-13-12-14-19-23/h12-15,18-20H,3-11,16-17,21-22H2,1-2H3/b20-15+. The number of nitrogens with zero attached hydrogens (tertiary/aromatic N) is 1. The Balaban J connectivity index is 1.88. The molecule has 0 aliphatic carbocycles. The van der Waals surface area contributed by atoms with Crippen molar-refractivity contribution in [3.8, 4) is 0 Å². The van der Waals surface area contributed by atoms with E-state index in [0.29, 0.717) is 0 Å². The Morgan fingerprint density at radius 3 is 1.96 bits per heavy atom. The van der Waals surface area contributed by atoms with Gasteiger partial charge in [-0.3, -0.25) is 0 Å². The maximum absolute atomic E-state index is 2.47. The van der Waals surface area contributed by atoms with Crippen molar-refractivity contribution >= 4 is 6.08 Å². The number of benzene rings is 1. The largest absolute Gasteiger partial charge is 0.306 e. The Labute approximate surface area is 151 Å². The fourth-order valence-corrected chi connectivity index (χ4v) is 3.06. The third kappa shape index (κ3) is 12.4. The minimum absolute atomic E-state index is 1.14. The van der Waals surface area contributed by atoms with Gasteiger partial charge in [-0.1, -0.05) is 107 Å². The zero-order valence-corrected chi connectivity index (χ0v) is 16.2. The quantitative estimate of drug-likeness (QED) is 0.315. The molecule has 0 aliphatic heterocycles. The molecule has 24 heavy (non-hydrogen) atoms. The first-order valence-corrected chi connectivity index (χ1v) is 10.2. The first kappa shape index (κ1) is 21.0. The van der Waals surface area contributed by atoms with E-state index in [2.05, 4.69) is 61.4 Å². The third-order valence-corrected chi connectivity index (χ3v) is 4.68. The Hall–Kier alpha value is -1.08. The molecule has 1 heteroatoms. The van der Waals surface area contributed by atoms with E-state index in [0.717, 1.165) is 6.42 Å². The minimum Gasteiger partial charge on any atom is -0.306 e. The van der Waals surface area contributed by atoms with Crippen LogP contribution in [0.4, 0.5) is 0 Å². The van der Waals surface area contributed by atoms with E-state index in [-0.39, 0.29) is 0 Å². The summed E-state index contributed by atoms with van der Waals surface area (Å²) in [4.78, 5) is 2.47. The molecular weight excluding hydrogens is 290 g/mol. The predicted molar refractivity (Wildman–Crippen MR) is 109 cm³/mol. The van der Waals surface area contributed by atoms with Crippen molar-refractivity contribution in [3.05, 3.63) is 42.0 Å². The average Bonchev–Trinajstić information content (AvgIpc) is 2.61. The summed E-state index contributed by atoms with van der Waals surface area (Å²) in [5.74, 6) is 0. The van der Waals surface area contributed by atoms with Crippen molar-refractivity contribution in [2.45, 2.75) is 77.6 Å². The molecule has 136 valence electrons. The summed E-state index contributed by atoms with van der Waals surface area (Å²) in [6, 6.07) is 10.6. The average molecular weight is 330 g/mol. The topological polar surface area (TPSA) is 3.24 Å². The Morgan fingerprint density at radius 2 is 1.33 bits per heavy atom. The summed E-state index contributed by atoms with van der Waals surface area (Å²) in [7, 11) is 2.25. The zero-order valence-electron chi connectivity index (χ0n) is 16.2. The number of unbranched alkanes of at least 4 members (excludes halogenated alkanes) is 9. The van der Waals surface area contributed by atoms with Crippen molar-refractivity contribution in [2.75, 3.05) is 20.1 Å². The summed E-state index contributed by atoms with van der Waals surface area (Å²) in [5.41, 5.74) is 1.30. The van der Waals surface area contributed by atoms with Crippen LogP contribution < -0.4 is 0 Å². The molecule has 0 saturated carbocycles. The fourth-order valence-electron chi connectivity index (χ4n) is 3.06. The van der Waals surface area contributed by atoms with Gasteiger partial charge in [0.15, 0.2) is 0 Å². The van der Waals surface area contributed by atoms with Crippen LogP contribution in [-0.4, -0.2) is 25.0 Å². The molecule has 0 spiro atoms. The maximum atomic E-state index is 2.47. The van der Waals surface area contributed by atoms with Gasteiger partial charge in [0.05, 0.1) is 0 Å². The molecule has 0 aliphatic rings. The van der Waals surface area contributed by atoms with Gasteiger partial charge in [-0.15, -0.1) is 0 Å². The molecule has 0 heterocycles. The molecule has 1 aromatic rings. The lowest BCUT2D eigenvalue weighted by Gasteiger charge is -2.15. The van der Waals surface area contributed by atoms with Crippen LogP contribution in [0.2, 0.25) is 0 Å². The van der Waals surface area contributed by atoms with Gasteiger partial charge >= 0.3 is 0 Å². The molecule has 0 bridgehead atoms. The first-order chi connectivity index (χ1) is 11.8. The Morgan fingerprint density at radius 1 is 0.750 bits per heavy atom. The molecule has 1 rings (SSSR count). The molecule has 0 fully saturated rings. The SMILES string of the molecule is CCCCCCCCCCCCN(C)CC/C=C/c1ccccc1. The van der Waals surface area contributed by atoms with E-state index in [9.17, 15) is 0 Å². The molecular formula is C23H39N. The zero-order chi connectivity index (χ0) is 17.3. The van der Waals surface area contributed by atoms with Crippen molar-refractivity contribution in [2.24, 2.45) is 0 Å². The van der Waals surface area contributed by atoms with E-state index in [1.165, 1.54) is 82.9 Å². The van der Waals surface area contributed by atoms with Crippen LogP contribution in [0.1, 0.15) is 83.1 Å². The van der Waals surface area contributed by atoms with E-state index >= 15 is 0 Å². The van der Waals surface area contributed by atoms with Crippen LogP contribution in [0.15, 0.2) is 36.4 Å². The predicted octanol–water partition coefficient (Wildman–Crippen LogP) is 6.94. The molecule has 1 nitrogen and oxygen atoms in total. The van der Waals surface area contributed by atoms with Gasteiger partial charge in [0.25, 0.3) is 0 Å². The van der Waals surface area contributed by atoms with Crippen molar-refractivity contribution < 1.29 is 0 Å². The van der Waals surface area contributed by atoms with Crippen LogP contribution >= 0.6 is 0 Å². The van der Waals surface area contributed by atoms with Crippen LogP contribution in [0.5, 0.6) is 0 Å². The van der Waals surface area contributed by atoms with Gasteiger partial charge in [0.1, 0.15) is 0 Å². The highest BCUT2D eigenvalue weighted by Gasteiger charge is 1.97. The van der Waals surface area contributed by atoms with Crippen LogP contribution in [-0.2, 0) is 0 Å². The molecule has 0 aromatic heterocycles. The summed E-state index contributed by atoms with van der Waals surface area (Å²) < 4.78 is 0. The van der Waals surface area contributed by atoms with Crippen molar-refractivity contribution in [1.29, 1.82) is 0 Å². The minimum atomic E-state index is 1.14. The van der Waals surface area contributed by atoms with E-state index in [1.54, 1.807) is 0 Å². The fraction of sp³-hybridized carbons (Fsp3) is 0.652. The molecule has 0 amide bonds. The van der Waals surface area contributed by atoms with Gasteiger partial charge in [0.2, 0.25) is 0 Å². The summed E-state index contributed by atoms with van der Waals surface area (Å²) >= 11 is 0. The first-order valence-electron chi connectivity index (χ1n) is 10.2. The summed E-state index contributed by atoms with van der Waals surface area (Å²) in [6.07, 6.45) is 19.9. The second-order valence-corrected chi connectivity index (χ2v) is 7.09. The second-order valence-electron chi connectivity index (χ2n) is 7.09. The highest BCUT2D eigenvalue weighted by Crippen LogP contribution is 2.10. The van der Waals surface area contributed by atoms with Crippen molar-refractivity contribution in [1.82, 2.24) is 4.90 Å². The third-order valence-electron chi connectivity index (χ3n) is 4.68. The number of hydrogen-bond acceptors (Lipinski definition) is 1.